The normalized spacial score (nSPS) is 22.8. The fourth-order valence-electron chi connectivity index (χ4n) is 2.48. The molecule has 19 heavy (non-hydrogen) atoms. The van der Waals surface area contributed by atoms with Gasteiger partial charge in [0.2, 0.25) is 0 Å². The third kappa shape index (κ3) is 3.70. The number of rotatable bonds is 4. The highest BCUT2D eigenvalue weighted by Gasteiger charge is 2.29. The molecule has 1 fully saturated rings. The maximum Gasteiger partial charge on any atom is 0.310 e. The van der Waals surface area contributed by atoms with Gasteiger partial charge in [0.25, 0.3) is 0 Å². The first-order valence-corrected chi connectivity index (χ1v) is 6.76. The molecule has 4 heteroatoms. The first-order chi connectivity index (χ1) is 9.20. The van der Waals surface area contributed by atoms with Crippen LogP contribution in [0, 0.1) is 5.92 Å². The summed E-state index contributed by atoms with van der Waals surface area (Å²) in [4.78, 5) is 12.0. The van der Waals surface area contributed by atoms with E-state index in [-0.39, 0.29) is 24.5 Å². The fraction of sp³-hybridized carbons (Fsp3) is 0.533. The van der Waals surface area contributed by atoms with E-state index in [2.05, 4.69) is 0 Å². The zero-order valence-corrected chi connectivity index (χ0v) is 11.3. The fourth-order valence-corrected chi connectivity index (χ4v) is 2.48. The first-order valence-electron chi connectivity index (χ1n) is 6.76. The number of ether oxygens (including phenoxy) is 2. The summed E-state index contributed by atoms with van der Waals surface area (Å²) in [6.07, 6.45) is 3.94. The number of carbonyl (C=O) groups is 1. The predicted molar refractivity (Wildman–Crippen MR) is 72.7 cm³/mol. The second-order valence-corrected chi connectivity index (χ2v) is 5.01. The third-order valence-corrected chi connectivity index (χ3v) is 3.64. The largest absolute Gasteiger partial charge is 0.497 e. The highest BCUT2D eigenvalue weighted by Crippen LogP contribution is 2.24. The number of benzene rings is 1. The van der Waals surface area contributed by atoms with E-state index in [9.17, 15) is 4.79 Å². The van der Waals surface area contributed by atoms with Crippen molar-refractivity contribution < 1.29 is 14.3 Å². The van der Waals surface area contributed by atoms with E-state index >= 15 is 0 Å². The van der Waals surface area contributed by atoms with Crippen LogP contribution in [0.1, 0.15) is 31.2 Å². The molecule has 0 saturated heterocycles. The quantitative estimate of drug-likeness (QED) is 0.846. The van der Waals surface area contributed by atoms with Gasteiger partial charge in [0.1, 0.15) is 12.4 Å². The number of hydrogen-bond donors (Lipinski definition) is 1. The molecule has 0 bridgehead atoms. The number of hydrogen-bond acceptors (Lipinski definition) is 4. The highest BCUT2D eigenvalue weighted by molar-refractivity contribution is 5.73. The van der Waals surface area contributed by atoms with E-state index in [0.29, 0.717) is 0 Å². The zero-order chi connectivity index (χ0) is 13.7. The van der Waals surface area contributed by atoms with Crippen molar-refractivity contribution in [3.63, 3.8) is 0 Å². The summed E-state index contributed by atoms with van der Waals surface area (Å²) in [7, 11) is 1.62. The monoisotopic (exact) mass is 263 g/mol. The molecule has 0 amide bonds. The van der Waals surface area contributed by atoms with Gasteiger partial charge in [-0.3, -0.25) is 4.79 Å². The van der Waals surface area contributed by atoms with Gasteiger partial charge in [-0.05, 0) is 30.5 Å². The summed E-state index contributed by atoms with van der Waals surface area (Å²) in [6, 6.07) is 7.48. The predicted octanol–water partition coefficient (Wildman–Crippen LogP) is 2.26. The Kier molecular flexibility index (Phi) is 4.80. The molecule has 0 aliphatic heterocycles. The third-order valence-electron chi connectivity index (χ3n) is 3.64. The summed E-state index contributed by atoms with van der Waals surface area (Å²) >= 11 is 0. The molecule has 1 aromatic carbocycles. The molecule has 104 valence electrons. The average Bonchev–Trinajstić information content (AvgIpc) is 2.45. The van der Waals surface area contributed by atoms with Crippen molar-refractivity contribution >= 4 is 5.97 Å². The molecule has 1 aromatic rings. The minimum Gasteiger partial charge on any atom is -0.497 e. The lowest BCUT2D eigenvalue weighted by atomic mass is 9.85. The smallest absolute Gasteiger partial charge is 0.310 e. The maximum absolute atomic E-state index is 12.0. The van der Waals surface area contributed by atoms with Crippen LogP contribution in [-0.2, 0) is 16.1 Å². The van der Waals surface area contributed by atoms with Gasteiger partial charge in [0, 0.05) is 6.04 Å². The summed E-state index contributed by atoms with van der Waals surface area (Å²) < 4.78 is 10.5. The van der Waals surface area contributed by atoms with Gasteiger partial charge in [-0.1, -0.05) is 25.0 Å². The Morgan fingerprint density at radius 1 is 1.37 bits per heavy atom. The van der Waals surface area contributed by atoms with Gasteiger partial charge in [-0.25, -0.2) is 0 Å². The number of carbonyl (C=O) groups excluding carboxylic acids is 1. The van der Waals surface area contributed by atoms with E-state index in [1.54, 1.807) is 7.11 Å². The molecule has 0 aromatic heterocycles. The Bertz CT molecular complexity index is 433. The van der Waals surface area contributed by atoms with Crippen LogP contribution in [0.2, 0.25) is 0 Å². The molecule has 0 heterocycles. The molecule has 4 nitrogen and oxygen atoms in total. The van der Waals surface area contributed by atoms with Crippen molar-refractivity contribution in [1.29, 1.82) is 0 Å². The van der Waals surface area contributed by atoms with Crippen molar-refractivity contribution in [1.82, 2.24) is 0 Å². The molecular formula is C15H21NO3. The van der Waals surface area contributed by atoms with Gasteiger partial charge in [0.05, 0.1) is 13.0 Å². The molecule has 1 saturated carbocycles. The maximum atomic E-state index is 12.0. The van der Waals surface area contributed by atoms with Crippen molar-refractivity contribution in [2.24, 2.45) is 11.7 Å². The van der Waals surface area contributed by atoms with Crippen LogP contribution in [0.5, 0.6) is 5.75 Å². The van der Waals surface area contributed by atoms with Crippen LogP contribution in [0.3, 0.4) is 0 Å². The molecule has 1 aliphatic rings. The van der Waals surface area contributed by atoms with Crippen molar-refractivity contribution in [2.45, 2.75) is 38.3 Å². The average molecular weight is 263 g/mol. The summed E-state index contributed by atoms with van der Waals surface area (Å²) in [6.45, 7) is 0.277. The first kappa shape index (κ1) is 13.9. The van der Waals surface area contributed by atoms with Crippen molar-refractivity contribution in [3.05, 3.63) is 29.8 Å². The van der Waals surface area contributed by atoms with E-state index in [0.717, 1.165) is 37.0 Å². The molecule has 2 unspecified atom stereocenters. The number of nitrogens with two attached hydrogens (primary N) is 1. The van der Waals surface area contributed by atoms with E-state index in [1.807, 2.05) is 24.3 Å². The minimum absolute atomic E-state index is 0.0495. The van der Waals surface area contributed by atoms with Crippen molar-refractivity contribution in [2.75, 3.05) is 7.11 Å². The lowest BCUT2D eigenvalue weighted by molar-refractivity contribution is -0.151. The molecule has 2 rings (SSSR count). The summed E-state index contributed by atoms with van der Waals surface area (Å²) in [5, 5.41) is 0. The van der Waals surface area contributed by atoms with Crippen LogP contribution >= 0.6 is 0 Å². The molecule has 0 radical (unpaired) electrons. The topological polar surface area (TPSA) is 61.5 Å². The van der Waals surface area contributed by atoms with Gasteiger partial charge in [-0.15, -0.1) is 0 Å². The van der Waals surface area contributed by atoms with Crippen LogP contribution in [0.25, 0.3) is 0 Å². The molecule has 2 N–H and O–H groups in total. The van der Waals surface area contributed by atoms with E-state index in [4.69, 9.17) is 15.2 Å². The Morgan fingerprint density at radius 2 is 2.16 bits per heavy atom. The van der Waals surface area contributed by atoms with E-state index in [1.165, 1.54) is 0 Å². The summed E-state index contributed by atoms with van der Waals surface area (Å²) in [5.74, 6) is 0.456. The van der Waals surface area contributed by atoms with Gasteiger partial charge in [-0.2, -0.15) is 0 Å². The Hall–Kier alpha value is -1.55. The van der Waals surface area contributed by atoms with Crippen molar-refractivity contribution in [3.8, 4) is 5.75 Å². The SMILES string of the molecule is COc1cccc(COC(=O)C2CCCCC2N)c1. The Balaban J connectivity index is 1.88. The Morgan fingerprint density at radius 3 is 2.89 bits per heavy atom. The molecule has 1 aliphatic carbocycles. The highest BCUT2D eigenvalue weighted by atomic mass is 16.5. The van der Waals surface area contributed by atoms with Gasteiger partial charge in [0.15, 0.2) is 0 Å². The van der Waals surface area contributed by atoms with Crippen LogP contribution < -0.4 is 10.5 Å². The zero-order valence-electron chi connectivity index (χ0n) is 11.3. The minimum atomic E-state index is -0.171. The molecule has 2 atom stereocenters. The van der Waals surface area contributed by atoms with Crippen LogP contribution in [-0.4, -0.2) is 19.1 Å². The molecular weight excluding hydrogens is 242 g/mol. The van der Waals surface area contributed by atoms with Crippen LogP contribution in [0.15, 0.2) is 24.3 Å². The lowest BCUT2D eigenvalue weighted by Gasteiger charge is -2.26. The standard InChI is InChI=1S/C15H21NO3/c1-18-12-6-4-5-11(9-12)10-19-15(17)13-7-2-3-8-14(13)16/h4-6,9,13-14H,2-3,7-8,10,16H2,1H3. The number of esters is 1. The van der Waals surface area contributed by atoms with E-state index < -0.39 is 0 Å². The van der Waals surface area contributed by atoms with Crippen LogP contribution in [0.4, 0.5) is 0 Å². The van der Waals surface area contributed by atoms with Gasteiger partial charge < -0.3 is 15.2 Å². The second-order valence-electron chi connectivity index (χ2n) is 5.01. The molecule has 0 spiro atoms. The summed E-state index contributed by atoms with van der Waals surface area (Å²) in [5.41, 5.74) is 6.90. The number of methoxy groups -OCH3 is 1. The van der Waals surface area contributed by atoms with Gasteiger partial charge >= 0.3 is 5.97 Å². The lowest BCUT2D eigenvalue weighted by Crippen LogP contribution is -2.38. The second kappa shape index (κ2) is 6.57. The Labute approximate surface area is 113 Å².